The number of furan rings is 1. The van der Waals surface area contributed by atoms with E-state index in [4.69, 9.17) is 9.15 Å². The van der Waals surface area contributed by atoms with Crippen molar-refractivity contribution in [2.45, 2.75) is 20.4 Å². The van der Waals surface area contributed by atoms with Gasteiger partial charge >= 0.3 is 0 Å². The van der Waals surface area contributed by atoms with Gasteiger partial charge in [-0.05, 0) is 50.2 Å². The molecular weight excluding hydrogens is 304 g/mol. The predicted molar refractivity (Wildman–Crippen MR) is 93.7 cm³/mol. The minimum absolute atomic E-state index is 0.543. The van der Waals surface area contributed by atoms with E-state index in [-0.39, 0.29) is 0 Å². The molecule has 3 aromatic rings. The highest BCUT2D eigenvalue weighted by atomic mass is 16.5. The summed E-state index contributed by atoms with van der Waals surface area (Å²) in [6.07, 6.45) is 1.65. The lowest BCUT2D eigenvalue weighted by Crippen LogP contribution is -2.05. The molecule has 0 atom stereocenters. The monoisotopic (exact) mass is 324 g/mol. The predicted octanol–water partition coefficient (Wildman–Crippen LogP) is 4.13. The van der Waals surface area contributed by atoms with Crippen molar-refractivity contribution in [2.24, 2.45) is 0 Å². The molecule has 0 aliphatic carbocycles. The number of aromatic nitrogens is 2. The molecule has 0 spiro atoms. The van der Waals surface area contributed by atoms with Crippen molar-refractivity contribution in [3.8, 4) is 5.75 Å². The highest BCUT2D eigenvalue weighted by Gasteiger charge is 2.04. The molecule has 0 saturated heterocycles. The summed E-state index contributed by atoms with van der Waals surface area (Å²) in [6.45, 7) is 5.12. The molecule has 2 aromatic heterocycles. The summed E-state index contributed by atoms with van der Waals surface area (Å²) < 4.78 is 10.7. The van der Waals surface area contributed by atoms with Gasteiger partial charge in [0.2, 0.25) is 5.95 Å². The molecule has 0 aliphatic rings. The zero-order valence-electron chi connectivity index (χ0n) is 13.7. The van der Waals surface area contributed by atoms with E-state index in [0.29, 0.717) is 19.1 Å². The number of ether oxygens (including phenoxy) is 1. The van der Waals surface area contributed by atoms with Crippen molar-refractivity contribution in [2.75, 3.05) is 17.2 Å². The maximum atomic E-state index is 5.44. The normalized spacial score (nSPS) is 10.4. The fourth-order valence-corrected chi connectivity index (χ4v) is 2.24. The van der Waals surface area contributed by atoms with E-state index >= 15 is 0 Å². The molecule has 0 bridgehead atoms. The molecule has 0 aliphatic heterocycles. The average molecular weight is 324 g/mol. The summed E-state index contributed by atoms with van der Waals surface area (Å²) in [4.78, 5) is 8.90. The average Bonchev–Trinajstić information content (AvgIpc) is 3.08. The van der Waals surface area contributed by atoms with E-state index < -0.39 is 0 Å². The summed E-state index contributed by atoms with van der Waals surface area (Å²) in [6, 6.07) is 13.4. The van der Waals surface area contributed by atoms with Gasteiger partial charge in [0.1, 0.15) is 17.3 Å². The van der Waals surface area contributed by atoms with Gasteiger partial charge in [-0.25, -0.2) is 4.98 Å². The molecule has 0 fully saturated rings. The first-order valence-electron chi connectivity index (χ1n) is 7.85. The maximum Gasteiger partial charge on any atom is 0.229 e. The Bertz CT molecular complexity index is 770. The lowest BCUT2D eigenvalue weighted by atomic mass is 10.3. The van der Waals surface area contributed by atoms with Crippen molar-refractivity contribution < 1.29 is 9.15 Å². The van der Waals surface area contributed by atoms with Crippen LogP contribution < -0.4 is 15.4 Å². The molecule has 6 heteroatoms. The van der Waals surface area contributed by atoms with Gasteiger partial charge in [0.15, 0.2) is 0 Å². The van der Waals surface area contributed by atoms with Crippen molar-refractivity contribution in [3.63, 3.8) is 0 Å². The number of anilines is 3. The first kappa shape index (κ1) is 15.9. The van der Waals surface area contributed by atoms with Gasteiger partial charge in [-0.3, -0.25) is 0 Å². The second kappa shape index (κ2) is 7.50. The van der Waals surface area contributed by atoms with E-state index in [1.807, 2.05) is 56.3 Å². The Morgan fingerprint density at radius 2 is 1.96 bits per heavy atom. The van der Waals surface area contributed by atoms with Crippen LogP contribution in [0.3, 0.4) is 0 Å². The van der Waals surface area contributed by atoms with Gasteiger partial charge in [0.25, 0.3) is 0 Å². The first-order valence-corrected chi connectivity index (χ1v) is 7.85. The molecule has 6 nitrogen and oxygen atoms in total. The largest absolute Gasteiger partial charge is 0.494 e. The second-order valence-electron chi connectivity index (χ2n) is 5.23. The smallest absolute Gasteiger partial charge is 0.229 e. The van der Waals surface area contributed by atoms with Crippen LogP contribution in [0.5, 0.6) is 5.75 Å². The van der Waals surface area contributed by atoms with Gasteiger partial charge in [-0.2, -0.15) is 4.98 Å². The van der Waals surface area contributed by atoms with E-state index in [9.17, 15) is 0 Å². The maximum absolute atomic E-state index is 5.44. The summed E-state index contributed by atoms with van der Waals surface area (Å²) >= 11 is 0. The molecular formula is C18H20N4O2. The van der Waals surface area contributed by atoms with Crippen LogP contribution in [0.1, 0.15) is 18.4 Å². The molecule has 1 aromatic carbocycles. The molecule has 124 valence electrons. The third kappa shape index (κ3) is 4.25. The number of nitrogens with zero attached hydrogens (tertiary/aromatic N) is 2. The second-order valence-corrected chi connectivity index (χ2v) is 5.23. The summed E-state index contributed by atoms with van der Waals surface area (Å²) in [5.41, 5.74) is 1.78. The van der Waals surface area contributed by atoms with Crippen LogP contribution in [0.4, 0.5) is 17.5 Å². The number of rotatable bonds is 7. The molecule has 24 heavy (non-hydrogen) atoms. The van der Waals surface area contributed by atoms with E-state index in [1.165, 1.54) is 0 Å². The number of aryl methyl sites for hydroxylation is 1. The summed E-state index contributed by atoms with van der Waals surface area (Å²) in [5, 5.41) is 6.44. The molecule has 3 rings (SSSR count). The van der Waals surface area contributed by atoms with Gasteiger partial charge in [-0.15, -0.1) is 0 Å². The van der Waals surface area contributed by atoms with Crippen molar-refractivity contribution in [3.05, 3.63) is 60.2 Å². The van der Waals surface area contributed by atoms with Gasteiger partial charge in [-0.1, -0.05) is 0 Å². The molecule has 2 N–H and O–H groups in total. The Labute approximate surface area is 140 Å². The van der Waals surface area contributed by atoms with Crippen LogP contribution in [-0.4, -0.2) is 16.6 Å². The van der Waals surface area contributed by atoms with Gasteiger partial charge < -0.3 is 19.8 Å². The fraction of sp³-hybridized carbons (Fsp3) is 0.222. The Morgan fingerprint density at radius 1 is 1.12 bits per heavy atom. The minimum atomic E-state index is 0.543. The standard InChI is InChI=1S/C18H20N4O2/c1-3-23-15-8-6-14(7-9-15)21-18-20-13(2)11-17(22-18)19-12-16-5-4-10-24-16/h4-11H,3,12H2,1-2H3,(H2,19,20,21,22). The third-order valence-electron chi connectivity index (χ3n) is 3.30. The summed E-state index contributed by atoms with van der Waals surface area (Å²) in [7, 11) is 0. The van der Waals surface area contributed by atoms with E-state index in [1.54, 1.807) is 6.26 Å². The number of hydrogen-bond donors (Lipinski definition) is 2. The zero-order chi connectivity index (χ0) is 16.8. The topological polar surface area (TPSA) is 72.2 Å². The van der Waals surface area contributed by atoms with E-state index in [2.05, 4.69) is 20.6 Å². The lowest BCUT2D eigenvalue weighted by molar-refractivity contribution is 0.340. The van der Waals surface area contributed by atoms with Crippen LogP contribution in [0.15, 0.2) is 53.1 Å². The SMILES string of the molecule is CCOc1ccc(Nc2nc(C)cc(NCc3ccco3)n2)cc1. The number of hydrogen-bond acceptors (Lipinski definition) is 6. The first-order chi connectivity index (χ1) is 11.7. The van der Waals surface area contributed by atoms with Crippen molar-refractivity contribution in [1.82, 2.24) is 9.97 Å². The molecule has 0 radical (unpaired) electrons. The van der Waals surface area contributed by atoms with Crippen LogP contribution in [0.2, 0.25) is 0 Å². The van der Waals surface area contributed by atoms with Gasteiger partial charge in [0, 0.05) is 17.4 Å². The lowest BCUT2D eigenvalue weighted by Gasteiger charge is -2.10. The van der Waals surface area contributed by atoms with Gasteiger partial charge in [0.05, 0.1) is 19.4 Å². The van der Waals surface area contributed by atoms with Crippen molar-refractivity contribution in [1.29, 1.82) is 0 Å². The Kier molecular flexibility index (Phi) is 4.96. The Balaban J connectivity index is 1.68. The summed E-state index contributed by atoms with van der Waals surface area (Å²) in [5.74, 6) is 2.98. The van der Waals surface area contributed by atoms with Crippen LogP contribution >= 0.6 is 0 Å². The Hall–Kier alpha value is -3.02. The minimum Gasteiger partial charge on any atom is -0.494 e. The molecule has 0 unspecified atom stereocenters. The number of benzene rings is 1. The third-order valence-corrected chi connectivity index (χ3v) is 3.30. The molecule has 2 heterocycles. The number of nitrogens with one attached hydrogen (secondary N) is 2. The van der Waals surface area contributed by atoms with Crippen LogP contribution in [0, 0.1) is 6.92 Å². The van der Waals surface area contributed by atoms with Crippen LogP contribution in [0.25, 0.3) is 0 Å². The quantitative estimate of drug-likeness (QED) is 0.681. The Morgan fingerprint density at radius 3 is 2.67 bits per heavy atom. The van der Waals surface area contributed by atoms with E-state index in [0.717, 1.165) is 28.7 Å². The van der Waals surface area contributed by atoms with Crippen LogP contribution in [-0.2, 0) is 6.54 Å². The molecule has 0 saturated carbocycles. The highest BCUT2D eigenvalue weighted by molar-refractivity contribution is 5.56. The zero-order valence-corrected chi connectivity index (χ0v) is 13.7. The highest BCUT2D eigenvalue weighted by Crippen LogP contribution is 2.19. The van der Waals surface area contributed by atoms with Crippen molar-refractivity contribution >= 4 is 17.5 Å². The fourth-order valence-electron chi connectivity index (χ4n) is 2.24. The molecule has 0 amide bonds.